The summed E-state index contributed by atoms with van der Waals surface area (Å²) in [6, 6.07) is 3.48. The van der Waals surface area contributed by atoms with Crippen LogP contribution in [0.4, 0.5) is 16.2 Å². The molecule has 0 bridgehead atoms. The standard InChI is InChI=1S/C20H30N6O2S/c1-5-14(2)23-20(28)26(9-8-25(3)4)11-15-6-7-17(22-10-15)19(27)24-18-13-29-12-16(18)21/h6-7,10,12-14H,5,8-9,11,21H2,1-4H3,(H,23,28)(H,24,27). The van der Waals surface area contributed by atoms with Crippen molar-refractivity contribution in [3.05, 3.63) is 40.3 Å². The molecule has 0 spiro atoms. The van der Waals surface area contributed by atoms with Gasteiger partial charge in [-0.05, 0) is 39.1 Å². The first-order chi connectivity index (χ1) is 13.8. The van der Waals surface area contributed by atoms with Gasteiger partial charge < -0.3 is 26.2 Å². The molecule has 2 rings (SSSR count). The molecule has 0 aliphatic heterocycles. The van der Waals surface area contributed by atoms with Crippen LogP contribution in [0.2, 0.25) is 0 Å². The van der Waals surface area contributed by atoms with Gasteiger partial charge in [-0.3, -0.25) is 9.78 Å². The summed E-state index contributed by atoms with van der Waals surface area (Å²) in [7, 11) is 3.94. The fraction of sp³-hybridized carbons (Fsp3) is 0.450. The zero-order chi connectivity index (χ0) is 21.4. The number of aromatic nitrogens is 1. The lowest BCUT2D eigenvalue weighted by Crippen LogP contribution is -2.45. The summed E-state index contributed by atoms with van der Waals surface area (Å²) in [5.41, 5.74) is 8.06. The minimum Gasteiger partial charge on any atom is -0.396 e. The molecule has 0 fully saturated rings. The predicted octanol–water partition coefficient (Wildman–Crippen LogP) is 2.85. The third-order valence-electron chi connectivity index (χ3n) is 4.46. The van der Waals surface area contributed by atoms with Crippen LogP contribution in [0.1, 0.15) is 36.3 Å². The number of nitrogens with two attached hydrogens (primary N) is 1. The second-order valence-corrected chi connectivity index (χ2v) is 7.97. The number of hydrogen-bond donors (Lipinski definition) is 3. The SMILES string of the molecule is CCC(C)NC(=O)N(CCN(C)C)Cc1ccc(C(=O)Nc2cscc2N)nc1. The van der Waals surface area contributed by atoms with E-state index in [2.05, 4.69) is 15.6 Å². The number of anilines is 2. The maximum atomic E-state index is 12.6. The number of nitrogen functional groups attached to an aromatic ring is 1. The van der Waals surface area contributed by atoms with Crippen molar-refractivity contribution >= 4 is 34.6 Å². The summed E-state index contributed by atoms with van der Waals surface area (Å²) in [6.45, 7) is 5.78. The molecule has 4 N–H and O–H groups in total. The Kier molecular flexibility index (Phi) is 8.41. The average Bonchev–Trinajstić information content (AvgIpc) is 3.09. The molecule has 0 aliphatic carbocycles. The lowest BCUT2D eigenvalue weighted by atomic mass is 10.2. The molecule has 0 aliphatic rings. The Hall–Kier alpha value is -2.65. The molecule has 9 heteroatoms. The smallest absolute Gasteiger partial charge is 0.317 e. The predicted molar refractivity (Wildman–Crippen MR) is 118 cm³/mol. The van der Waals surface area contributed by atoms with Gasteiger partial charge in [0.25, 0.3) is 5.91 Å². The largest absolute Gasteiger partial charge is 0.396 e. The van der Waals surface area contributed by atoms with Crippen LogP contribution in [-0.2, 0) is 6.54 Å². The van der Waals surface area contributed by atoms with Crippen molar-refractivity contribution in [2.45, 2.75) is 32.9 Å². The van der Waals surface area contributed by atoms with Crippen LogP contribution in [0, 0.1) is 0 Å². The van der Waals surface area contributed by atoms with E-state index in [4.69, 9.17) is 5.73 Å². The number of likely N-dealkylation sites (N-methyl/N-ethyl adjacent to an activating group) is 1. The van der Waals surface area contributed by atoms with Gasteiger partial charge in [0.1, 0.15) is 5.69 Å². The quantitative estimate of drug-likeness (QED) is 0.581. The van der Waals surface area contributed by atoms with Gasteiger partial charge in [0.2, 0.25) is 0 Å². The van der Waals surface area contributed by atoms with Crippen LogP contribution >= 0.6 is 11.3 Å². The summed E-state index contributed by atoms with van der Waals surface area (Å²) >= 11 is 1.42. The zero-order valence-corrected chi connectivity index (χ0v) is 18.3. The van der Waals surface area contributed by atoms with E-state index in [1.807, 2.05) is 38.9 Å². The van der Waals surface area contributed by atoms with Crippen LogP contribution in [-0.4, -0.2) is 59.9 Å². The molecule has 2 aromatic heterocycles. The first-order valence-electron chi connectivity index (χ1n) is 9.58. The molecule has 8 nitrogen and oxygen atoms in total. The Morgan fingerprint density at radius 2 is 2.00 bits per heavy atom. The summed E-state index contributed by atoms with van der Waals surface area (Å²) in [4.78, 5) is 33.0. The summed E-state index contributed by atoms with van der Waals surface area (Å²) in [5.74, 6) is -0.319. The Morgan fingerprint density at radius 1 is 1.24 bits per heavy atom. The maximum absolute atomic E-state index is 12.6. The second-order valence-electron chi connectivity index (χ2n) is 7.23. The third kappa shape index (κ3) is 7.03. The fourth-order valence-corrected chi connectivity index (χ4v) is 3.12. The molecular weight excluding hydrogens is 388 g/mol. The summed E-state index contributed by atoms with van der Waals surface area (Å²) in [6.07, 6.45) is 2.50. The van der Waals surface area contributed by atoms with E-state index >= 15 is 0 Å². The minimum atomic E-state index is -0.319. The Balaban J connectivity index is 2.03. The number of carbonyl (C=O) groups excluding carboxylic acids is 2. The molecule has 0 radical (unpaired) electrons. The van der Waals surface area contributed by atoms with Gasteiger partial charge in [-0.25, -0.2) is 4.79 Å². The molecule has 2 aromatic rings. The molecule has 29 heavy (non-hydrogen) atoms. The van der Waals surface area contributed by atoms with Crippen molar-refractivity contribution in [1.29, 1.82) is 0 Å². The van der Waals surface area contributed by atoms with E-state index < -0.39 is 0 Å². The van der Waals surface area contributed by atoms with E-state index in [-0.39, 0.29) is 18.0 Å². The number of carbonyl (C=O) groups is 2. The number of rotatable bonds is 9. The van der Waals surface area contributed by atoms with E-state index in [0.29, 0.717) is 30.2 Å². The van der Waals surface area contributed by atoms with Gasteiger partial charge in [-0.2, -0.15) is 0 Å². The molecule has 1 unspecified atom stereocenters. The molecule has 2 heterocycles. The summed E-state index contributed by atoms with van der Waals surface area (Å²) < 4.78 is 0. The monoisotopic (exact) mass is 418 g/mol. The van der Waals surface area contributed by atoms with E-state index in [1.165, 1.54) is 11.3 Å². The number of amides is 3. The number of urea groups is 1. The summed E-state index contributed by atoms with van der Waals surface area (Å²) in [5, 5.41) is 9.30. The van der Waals surface area contributed by atoms with Crippen LogP contribution < -0.4 is 16.4 Å². The van der Waals surface area contributed by atoms with Crippen molar-refractivity contribution in [3.8, 4) is 0 Å². The number of hydrogen-bond acceptors (Lipinski definition) is 6. The van der Waals surface area contributed by atoms with Crippen molar-refractivity contribution < 1.29 is 9.59 Å². The van der Waals surface area contributed by atoms with E-state index in [0.717, 1.165) is 18.5 Å². The van der Waals surface area contributed by atoms with Crippen LogP contribution in [0.3, 0.4) is 0 Å². The van der Waals surface area contributed by atoms with E-state index in [1.54, 1.807) is 27.9 Å². The van der Waals surface area contributed by atoms with Gasteiger partial charge in [0.05, 0.1) is 11.4 Å². The van der Waals surface area contributed by atoms with Gasteiger partial charge in [-0.1, -0.05) is 13.0 Å². The van der Waals surface area contributed by atoms with Gasteiger partial charge in [0, 0.05) is 42.6 Å². The molecular formula is C20H30N6O2S. The van der Waals surface area contributed by atoms with E-state index in [9.17, 15) is 9.59 Å². The highest BCUT2D eigenvalue weighted by Crippen LogP contribution is 2.23. The average molecular weight is 419 g/mol. The first-order valence-corrected chi connectivity index (χ1v) is 10.5. The number of pyridine rings is 1. The molecule has 0 saturated heterocycles. The Bertz CT molecular complexity index is 806. The second kappa shape index (κ2) is 10.8. The van der Waals surface area contributed by atoms with Crippen molar-refractivity contribution in [2.24, 2.45) is 0 Å². The number of nitrogens with one attached hydrogen (secondary N) is 2. The van der Waals surface area contributed by atoms with Crippen molar-refractivity contribution in [2.75, 3.05) is 38.2 Å². The third-order valence-corrected chi connectivity index (χ3v) is 5.22. The van der Waals surface area contributed by atoms with Gasteiger partial charge in [-0.15, -0.1) is 11.3 Å². The van der Waals surface area contributed by atoms with Crippen molar-refractivity contribution in [1.82, 2.24) is 20.1 Å². The molecule has 3 amide bonds. The lowest BCUT2D eigenvalue weighted by Gasteiger charge is -2.26. The van der Waals surface area contributed by atoms with Gasteiger partial charge in [0.15, 0.2) is 0 Å². The molecule has 0 saturated carbocycles. The van der Waals surface area contributed by atoms with Crippen molar-refractivity contribution in [3.63, 3.8) is 0 Å². The zero-order valence-electron chi connectivity index (χ0n) is 17.4. The number of thiophene rings is 1. The lowest BCUT2D eigenvalue weighted by molar-refractivity contribution is 0.102. The van der Waals surface area contributed by atoms with Gasteiger partial charge >= 0.3 is 6.03 Å². The van der Waals surface area contributed by atoms with Crippen LogP contribution in [0.25, 0.3) is 0 Å². The van der Waals surface area contributed by atoms with Crippen LogP contribution in [0.5, 0.6) is 0 Å². The topological polar surface area (TPSA) is 104 Å². The highest BCUT2D eigenvalue weighted by atomic mass is 32.1. The maximum Gasteiger partial charge on any atom is 0.317 e. The highest BCUT2D eigenvalue weighted by Gasteiger charge is 2.17. The Morgan fingerprint density at radius 3 is 2.55 bits per heavy atom. The minimum absolute atomic E-state index is 0.101. The first kappa shape index (κ1) is 22.6. The molecule has 158 valence electrons. The fourth-order valence-electron chi connectivity index (χ4n) is 2.44. The molecule has 1 atom stereocenters. The molecule has 0 aromatic carbocycles. The van der Waals surface area contributed by atoms with Crippen LogP contribution in [0.15, 0.2) is 29.1 Å². The highest BCUT2D eigenvalue weighted by molar-refractivity contribution is 7.09. The Labute approximate surface area is 176 Å². The normalized spacial score (nSPS) is 11.9. The number of nitrogens with zero attached hydrogens (tertiary/aromatic N) is 3.